The van der Waals surface area contributed by atoms with E-state index >= 15 is 0 Å². The Morgan fingerprint density at radius 1 is 1.15 bits per heavy atom. The average molecular weight is 274 g/mol. The van der Waals surface area contributed by atoms with Crippen LogP contribution in [-0.4, -0.2) is 19.2 Å². The van der Waals surface area contributed by atoms with E-state index in [2.05, 4.69) is 12.1 Å². The highest BCUT2D eigenvalue weighted by Gasteiger charge is 2.24. The number of ether oxygens (including phenoxy) is 2. The van der Waals surface area contributed by atoms with Gasteiger partial charge < -0.3 is 9.47 Å². The number of allylic oxidation sites excluding steroid dienone is 1. The molecule has 1 saturated carbocycles. The van der Waals surface area contributed by atoms with Crippen LogP contribution in [0.4, 0.5) is 0 Å². The minimum Gasteiger partial charge on any atom is -0.497 e. The number of carbonyl (C=O) groups is 1. The highest BCUT2D eigenvalue weighted by Crippen LogP contribution is 2.34. The molecule has 0 aromatic heterocycles. The van der Waals surface area contributed by atoms with Crippen molar-refractivity contribution in [2.75, 3.05) is 7.11 Å². The first-order valence-corrected chi connectivity index (χ1v) is 7.20. The zero-order valence-corrected chi connectivity index (χ0v) is 12.2. The van der Waals surface area contributed by atoms with Crippen LogP contribution < -0.4 is 4.74 Å². The molecular weight excluding hydrogens is 252 g/mol. The molecule has 3 nitrogen and oxygen atoms in total. The molecule has 0 aliphatic heterocycles. The van der Waals surface area contributed by atoms with Crippen molar-refractivity contribution >= 4 is 5.97 Å². The summed E-state index contributed by atoms with van der Waals surface area (Å²) in [6.07, 6.45) is 7.30. The molecule has 1 aromatic carbocycles. The molecular formula is C17H22O3. The van der Waals surface area contributed by atoms with E-state index in [1.54, 1.807) is 13.2 Å². The largest absolute Gasteiger partial charge is 0.497 e. The van der Waals surface area contributed by atoms with Gasteiger partial charge in [-0.3, -0.25) is 0 Å². The first-order valence-electron chi connectivity index (χ1n) is 7.20. The Morgan fingerprint density at radius 2 is 1.80 bits per heavy atom. The van der Waals surface area contributed by atoms with Gasteiger partial charge in [-0.15, -0.1) is 0 Å². The summed E-state index contributed by atoms with van der Waals surface area (Å²) in [6, 6.07) is 8.28. The highest BCUT2D eigenvalue weighted by atomic mass is 16.5. The fourth-order valence-electron chi connectivity index (χ4n) is 2.73. The molecule has 1 fully saturated rings. The smallest absolute Gasteiger partial charge is 0.330 e. The van der Waals surface area contributed by atoms with Crippen LogP contribution >= 0.6 is 0 Å². The van der Waals surface area contributed by atoms with Crippen molar-refractivity contribution in [2.45, 2.75) is 44.6 Å². The molecule has 2 rings (SSSR count). The van der Waals surface area contributed by atoms with Crippen LogP contribution in [0.25, 0.3) is 0 Å². The molecule has 3 heteroatoms. The molecule has 1 aromatic rings. The summed E-state index contributed by atoms with van der Waals surface area (Å²) in [4.78, 5) is 11.4. The van der Waals surface area contributed by atoms with Gasteiger partial charge in [-0.05, 0) is 56.2 Å². The first kappa shape index (κ1) is 14.6. The van der Waals surface area contributed by atoms with Gasteiger partial charge in [0, 0.05) is 6.08 Å². The number of esters is 1. The number of rotatable bonds is 4. The topological polar surface area (TPSA) is 35.5 Å². The van der Waals surface area contributed by atoms with E-state index < -0.39 is 0 Å². The lowest BCUT2D eigenvalue weighted by molar-refractivity contribution is -0.144. The van der Waals surface area contributed by atoms with E-state index in [-0.39, 0.29) is 12.1 Å². The lowest BCUT2D eigenvalue weighted by atomic mass is 9.83. The van der Waals surface area contributed by atoms with E-state index in [0.717, 1.165) is 31.4 Å². The van der Waals surface area contributed by atoms with E-state index in [9.17, 15) is 4.79 Å². The third-order valence-electron chi connectivity index (χ3n) is 3.85. The maximum Gasteiger partial charge on any atom is 0.330 e. The molecule has 0 radical (unpaired) electrons. The zero-order valence-electron chi connectivity index (χ0n) is 12.2. The van der Waals surface area contributed by atoms with Crippen LogP contribution in [0.2, 0.25) is 0 Å². The van der Waals surface area contributed by atoms with E-state index in [4.69, 9.17) is 9.47 Å². The molecule has 0 spiro atoms. The van der Waals surface area contributed by atoms with Crippen molar-refractivity contribution in [3.63, 3.8) is 0 Å². The molecule has 0 saturated heterocycles. The maximum atomic E-state index is 11.4. The fourth-order valence-corrected chi connectivity index (χ4v) is 2.73. The van der Waals surface area contributed by atoms with Crippen molar-refractivity contribution < 1.29 is 14.3 Å². The third kappa shape index (κ3) is 3.86. The van der Waals surface area contributed by atoms with Gasteiger partial charge in [0.15, 0.2) is 0 Å². The second kappa shape index (κ2) is 7.13. The van der Waals surface area contributed by atoms with Gasteiger partial charge in [-0.1, -0.05) is 18.2 Å². The number of hydrogen-bond acceptors (Lipinski definition) is 3. The molecule has 0 atom stereocenters. The van der Waals surface area contributed by atoms with Crippen molar-refractivity contribution in [1.82, 2.24) is 0 Å². The Morgan fingerprint density at radius 3 is 2.35 bits per heavy atom. The van der Waals surface area contributed by atoms with Crippen molar-refractivity contribution in [2.24, 2.45) is 0 Å². The Kier molecular flexibility index (Phi) is 5.22. The molecule has 0 N–H and O–H groups in total. The zero-order chi connectivity index (χ0) is 14.4. The van der Waals surface area contributed by atoms with Gasteiger partial charge in [-0.2, -0.15) is 0 Å². The summed E-state index contributed by atoms with van der Waals surface area (Å²) in [5.41, 5.74) is 1.35. The number of carbonyl (C=O) groups excluding carboxylic acids is 1. The van der Waals surface area contributed by atoms with E-state index in [1.165, 1.54) is 11.6 Å². The van der Waals surface area contributed by atoms with Crippen LogP contribution in [0.15, 0.2) is 36.4 Å². The van der Waals surface area contributed by atoms with Crippen molar-refractivity contribution in [3.05, 3.63) is 42.0 Å². The van der Waals surface area contributed by atoms with Crippen LogP contribution in [-0.2, 0) is 9.53 Å². The average Bonchev–Trinajstić information content (AvgIpc) is 2.48. The minimum absolute atomic E-state index is 0.0770. The SMILES string of the molecule is C/C=C/C(=O)OC1CCC(c2ccc(OC)cc2)CC1. The van der Waals surface area contributed by atoms with Crippen LogP contribution in [0, 0.1) is 0 Å². The first-order chi connectivity index (χ1) is 9.72. The highest BCUT2D eigenvalue weighted by molar-refractivity contribution is 5.81. The van der Waals surface area contributed by atoms with E-state index in [1.807, 2.05) is 19.1 Å². The van der Waals surface area contributed by atoms with Gasteiger partial charge in [-0.25, -0.2) is 4.79 Å². The quantitative estimate of drug-likeness (QED) is 0.618. The summed E-state index contributed by atoms with van der Waals surface area (Å²) in [7, 11) is 1.68. The lowest BCUT2D eigenvalue weighted by Crippen LogP contribution is -2.23. The number of methoxy groups -OCH3 is 1. The van der Waals surface area contributed by atoms with Gasteiger partial charge in [0.1, 0.15) is 11.9 Å². The van der Waals surface area contributed by atoms with Crippen molar-refractivity contribution in [3.8, 4) is 5.75 Å². The Bertz CT molecular complexity index is 454. The second-order valence-electron chi connectivity index (χ2n) is 5.18. The molecule has 108 valence electrons. The Labute approximate surface area is 120 Å². The van der Waals surface area contributed by atoms with Crippen LogP contribution in [0.3, 0.4) is 0 Å². The molecule has 1 aliphatic rings. The predicted octanol–water partition coefficient (Wildman–Crippen LogP) is 3.84. The van der Waals surface area contributed by atoms with Gasteiger partial charge in [0.05, 0.1) is 7.11 Å². The number of hydrogen-bond donors (Lipinski definition) is 0. The molecule has 0 bridgehead atoms. The maximum absolute atomic E-state index is 11.4. The predicted molar refractivity (Wildman–Crippen MR) is 78.9 cm³/mol. The summed E-state index contributed by atoms with van der Waals surface area (Å²) in [5.74, 6) is 1.24. The molecule has 0 heterocycles. The normalized spacial score (nSPS) is 22.7. The molecule has 0 unspecified atom stereocenters. The monoisotopic (exact) mass is 274 g/mol. The molecule has 20 heavy (non-hydrogen) atoms. The lowest BCUT2D eigenvalue weighted by Gasteiger charge is -2.28. The summed E-state index contributed by atoms with van der Waals surface area (Å²) in [5, 5.41) is 0. The Hall–Kier alpha value is -1.77. The minimum atomic E-state index is -0.222. The van der Waals surface area contributed by atoms with Gasteiger partial charge in [0.2, 0.25) is 0 Å². The summed E-state index contributed by atoms with van der Waals surface area (Å²) in [6.45, 7) is 1.82. The van der Waals surface area contributed by atoms with Crippen LogP contribution in [0.1, 0.15) is 44.1 Å². The second-order valence-corrected chi connectivity index (χ2v) is 5.18. The Balaban J connectivity index is 1.85. The number of benzene rings is 1. The van der Waals surface area contributed by atoms with Crippen LogP contribution in [0.5, 0.6) is 5.75 Å². The molecule has 1 aliphatic carbocycles. The fraction of sp³-hybridized carbons (Fsp3) is 0.471. The van der Waals surface area contributed by atoms with Gasteiger partial charge in [0.25, 0.3) is 0 Å². The van der Waals surface area contributed by atoms with Crippen molar-refractivity contribution in [1.29, 1.82) is 0 Å². The molecule has 0 amide bonds. The summed E-state index contributed by atoms with van der Waals surface area (Å²) < 4.78 is 10.6. The summed E-state index contributed by atoms with van der Waals surface area (Å²) >= 11 is 0. The third-order valence-corrected chi connectivity index (χ3v) is 3.85. The van der Waals surface area contributed by atoms with E-state index in [0.29, 0.717) is 5.92 Å². The van der Waals surface area contributed by atoms with Gasteiger partial charge >= 0.3 is 5.97 Å². The standard InChI is InChI=1S/C17H22O3/c1-3-4-17(18)20-16-11-7-14(8-12-16)13-5-9-15(19-2)10-6-13/h3-6,9-10,14,16H,7-8,11-12H2,1-2H3/b4-3+.